The summed E-state index contributed by atoms with van der Waals surface area (Å²) in [4.78, 5) is 16.1. The van der Waals surface area contributed by atoms with Gasteiger partial charge in [0.15, 0.2) is 11.5 Å². The van der Waals surface area contributed by atoms with Crippen molar-refractivity contribution in [1.29, 1.82) is 0 Å². The summed E-state index contributed by atoms with van der Waals surface area (Å²) >= 11 is 6.91. The Balaban J connectivity index is 1.94. The number of esters is 1. The summed E-state index contributed by atoms with van der Waals surface area (Å²) in [5, 5.41) is 0. The third kappa shape index (κ3) is 3.40. The van der Waals surface area contributed by atoms with Gasteiger partial charge in [0.25, 0.3) is 5.90 Å². The summed E-state index contributed by atoms with van der Waals surface area (Å²) in [7, 11) is 0. The lowest BCUT2D eigenvalue weighted by molar-refractivity contribution is -0.130. The van der Waals surface area contributed by atoms with E-state index >= 15 is 0 Å². The van der Waals surface area contributed by atoms with Crippen molar-refractivity contribution in [3.63, 3.8) is 0 Å². The van der Waals surface area contributed by atoms with Gasteiger partial charge >= 0.3 is 5.97 Å². The molecule has 0 bridgehead atoms. The second-order valence-electron chi connectivity index (χ2n) is 4.56. The van der Waals surface area contributed by atoms with Gasteiger partial charge < -0.3 is 13.9 Å². The maximum atomic E-state index is 11.9. The van der Waals surface area contributed by atoms with Crippen LogP contribution in [0.25, 0.3) is 6.08 Å². The Kier molecular flexibility index (Phi) is 4.68. The molecule has 23 heavy (non-hydrogen) atoms. The van der Waals surface area contributed by atoms with Crippen molar-refractivity contribution in [3.05, 3.63) is 56.5 Å². The highest BCUT2D eigenvalue weighted by Gasteiger charge is 2.25. The van der Waals surface area contributed by atoms with E-state index in [-0.39, 0.29) is 11.6 Å². The number of furan rings is 1. The SMILES string of the molecule is CCOc1c(Br)cc(/C=C2\N=C(c3ccco3)OC2=O)cc1Br. The predicted octanol–water partition coefficient (Wildman–Crippen LogP) is 4.55. The Morgan fingerprint density at radius 3 is 2.65 bits per heavy atom. The van der Waals surface area contributed by atoms with E-state index in [4.69, 9.17) is 13.9 Å². The molecule has 5 nitrogen and oxygen atoms in total. The maximum Gasteiger partial charge on any atom is 0.363 e. The average molecular weight is 441 g/mol. The highest BCUT2D eigenvalue weighted by Crippen LogP contribution is 2.35. The molecule has 0 spiro atoms. The molecule has 0 saturated heterocycles. The first-order chi connectivity index (χ1) is 11.1. The Hall–Kier alpha value is -1.86. The molecule has 1 aliphatic rings. The molecule has 2 heterocycles. The van der Waals surface area contributed by atoms with E-state index in [2.05, 4.69) is 36.9 Å². The molecule has 118 valence electrons. The summed E-state index contributed by atoms with van der Waals surface area (Å²) in [5.41, 5.74) is 0.989. The highest BCUT2D eigenvalue weighted by atomic mass is 79.9. The number of aliphatic imine (C=N–C) groups is 1. The summed E-state index contributed by atoms with van der Waals surface area (Å²) in [6.07, 6.45) is 3.14. The summed E-state index contributed by atoms with van der Waals surface area (Å²) < 4.78 is 17.4. The van der Waals surface area contributed by atoms with E-state index in [1.54, 1.807) is 18.2 Å². The van der Waals surface area contributed by atoms with Gasteiger partial charge in [-0.05, 0) is 74.7 Å². The number of ether oxygens (including phenoxy) is 2. The fourth-order valence-corrected chi connectivity index (χ4v) is 3.47. The molecule has 0 aliphatic carbocycles. The van der Waals surface area contributed by atoms with E-state index in [1.165, 1.54) is 6.26 Å². The molecular formula is C16H11Br2NO4. The molecule has 0 unspecified atom stereocenters. The average Bonchev–Trinajstić information content (AvgIpc) is 3.13. The van der Waals surface area contributed by atoms with E-state index in [9.17, 15) is 4.79 Å². The van der Waals surface area contributed by atoms with Crippen LogP contribution in [0.3, 0.4) is 0 Å². The minimum Gasteiger partial charge on any atom is -0.492 e. The molecule has 7 heteroatoms. The standard InChI is InChI=1S/C16H11Br2NO4/c1-2-21-14-10(17)6-9(7-11(14)18)8-12-16(20)23-15(19-12)13-4-3-5-22-13/h3-8H,2H2,1H3/b12-8-. The molecular weight excluding hydrogens is 430 g/mol. The van der Waals surface area contributed by atoms with Gasteiger partial charge in [-0.1, -0.05) is 0 Å². The smallest absolute Gasteiger partial charge is 0.363 e. The zero-order valence-electron chi connectivity index (χ0n) is 12.0. The quantitative estimate of drug-likeness (QED) is 0.516. The van der Waals surface area contributed by atoms with Gasteiger partial charge in [-0.15, -0.1) is 0 Å². The van der Waals surface area contributed by atoms with Gasteiger partial charge in [0, 0.05) is 0 Å². The van der Waals surface area contributed by atoms with Crippen LogP contribution < -0.4 is 4.74 Å². The van der Waals surface area contributed by atoms with Crippen molar-refractivity contribution in [2.24, 2.45) is 4.99 Å². The van der Waals surface area contributed by atoms with E-state index in [1.807, 2.05) is 19.1 Å². The molecule has 0 amide bonds. The molecule has 1 aliphatic heterocycles. The minimum atomic E-state index is -0.516. The minimum absolute atomic E-state index is 0.162. The summed E-state index contributed by atoms with van der Waals surface area (Å²) in [6.45, 7) is 2.47. The van der Waals surface area contributed by atoms with Crippen molar-refractivity contribution >= 4 is 49.8 Å². The van der Waals surface area contributed by atoms with Crippen LogP contribution >= 0.6 is 31.9 Å². The fourth-order valence-electron chi connectivity index (χ4n) is 2.02. The highest BCUT2D eigenvalue weighted by molar-refractivity contribution is 9.11. The van der Waals surface area contributed by atoms with Crippen LogP contribution in [0.1, 0.15) is 18.2 Å². The number of benzene rings is 1. The molecule has 0 N–H and O–H groups in total. The molecule has 1 aromatic heterocycles. The van der Waals surface area contributed by atoms with Crippen LogP contribution in [-0.2, 0) is 9.53 Å². The maximum absolute atomic E-state index is 11.9. The predicted molar refractivity (Wildman–Crippen MR) is 92.3 cm³/mol. The topological polar surface area (TPSA) is 61.0 Å². The normalized spacial score (nSPS) is 15.7. The van der Waals surface area contributed by atoms with Crippen LogP contribution in [0.5, 0.6) is 5.75 Å². The first-order valence-corrected chi connectivity index (χ1v) is 8.35. The van der Waals surface area contributed by atoms with Crippen LogP contribution in [0, 0.1) is 0 Å². The van der Waals surface area contributed by atoms with Gasteiger partial charge in [0.1, 0.15) is 5.75 Å². The van der Waals surface area contributed by atoms with E-state index in [0.717, 1.165) is 14.5 Å². The monoisotopic (exact) mass is 439 g/mol. The molecule has 0 radical (unpaired) electrons. The molecule has 2 aromatic rings. The Labute approximate surface area is 149 Å². The second kappa shape index (κ2) is 6.72. The number of rotatable bonds is 4. The fraction of sp³-hybridized carbons (Fsp3) is 0.125. The molecule has 1 aromatic carbocycles. The van der Waals surface area contributed by atoms with Crippen molar-refractivity contribution in [2.75, 3.05) is 6.61 Å². The van der Waals surface area contributed by atoms with Crippen molar-refractivity contribution < 1.29 is 18.7 Å². The van der Waals surface area contributed by atoms with Gasteiger partial charge in [0.2, 0.25) is 0 Å². The molecule has 0 atom stereocenters. The lowest BCUT2D eigenvalue weighted by Gasteiger charge is -2.09. The van der Waals surface area contributed by atoms with Crippen molar-refractivity contribution in [1.82, 2.24) is 0 Å². The first kappa shape index (κ1) is 16.0. The number of carbonyl (C=O) groups excluding carboxylic acids is 1. The number of halogens is 2. The third-order valence-corrected chi connectivity index (χ3v) is 4.14. The zero-order valence-corrected chi connectivity index (χ0v) is 15.2. The summed E-state index contributed by atoms with van der Waals surface area (Å²) in [5.74, 6) is 0.770. The lowest BCUT2D eigenvalue weighted by atomic mass is 10.2. The number of cyclic esters (lactones) is 1. The van der Waals surface area contributed by atoms with Gasteiger partial charge in [0.05, 0.1) is 21.8 Å². The number of carbonyl (C=O) groups is 1. The van der Waals surface area contributed by atoms with E-state index in [0.29, 0.717) is 18.1 Å². The largest absolute Gasteiger partial charge is 0.492 e. The molecule has 0 fully saturated rings. The van der Waals surface area contributed by atoms with Gasteiger partial charge in [-0.25, -0.2) is 9.79 Å². The first-order valence-electron chi connectivity index (χ1n) is 6.76. The second-order valence-corrected chi connectivity index (χ2v) is 6.27. The number of hydrogen-bond acceptors (Lipinski definition) is 5. The Bertz CT molecular complexity index is 786. The Morgan fingerprint density at radius 1 is 1.30 bits per heavy atom. The van der Waals surface area contributed by atoms with Gasteiger partial charge in [-0.3, -0.25) is 0 Å². The Morgan fingerprint density at radius 2 is 2.04 bits per heavy atom. The number of nitrogens with zero attached hydrogens (tertiary/aromatic N) is 1. The lowest BCUT2D eigenvalue weighted by Crippen LogP contribution is -2.04. The number of hydrogen-bond donors (Lipinski definition) is 0. The third-order valence-electron chi connectivity index (χ3n) is 2.97. The van der Waals surface area contributed by atoms with Gasteiger partial charge in [-0.2, -0.15) is 0 Å². The summed E-state index contributed by atoms with van der Waals surface area (Å²) in [6, 6.07) is 7.07. The van der Waals surface area contributed by atoms with Crippen LogP contribution in [0.15, 0.2) is 54.6 Å². The molecule has 0 saturated carbocycles. The van der Waals surface area contributed by atoms with Crippen molar-refractivity contribution in [3.8, 4) is 5.75 Å². The van der Waals surface area contributed by atoms with Crippen LogP contribution in [0.2, 0.25) is 0 Å². The van der Waals surface area contributed by atoms with E-state index < -0.39 is 5.97 Å². The van der Waals surface area contributed by atoms with Crippen LogP contribution in [-0.4, -0.2) is 18.5 Å². The molecule has 3 rings (SSSR count). The van der Waals surface area contributed by atoms with Crippen LogP contribution in [0.4, 0.5) is 0 Å². The zero-order chi connectivity index (χ0) is 16.4. The van der Waals surface area contributed by atoms with Crippen molar-refractivity contribution in [2.45, 2.75) is 6.92 Å².